The minimum atomic E-state index is -0.358. The van der Waals surface area contributed by atoms with Crippen molar-refractivity contribution in [2.24, 2.45) is 0 Å². The molecular formula is C22H24N4O3S. The predicted molar refractivity (Wildman–Crippen MR) is 117 cm³/mol. The quantitative estimate of drug-likeness (QED) is 0.607. The average molecular weight is 425 g/mol. The zero-order valence-electron chi connectivity index (χ0n) is 16.8. The van der Waals surface area contributed by atoms with E-state index in [0.29, 0.717) is 16.4 Å². The van der Waals surface area contributed by atoms with Crippen LogP contribution in [0.1, 0.15) is 51.4 Å². The van der Waals surface area contributed by atoms with Crippen LogP contribution in [0, 0.1) is 6.92 Å². The zero-order valence-corrected chi connectivity index (χ0v) is 17.6. The summed E-state index contributed by atoms with van der Waals surface area (Å²) >= 11 is 1.43. The second-order valence-electron chi connectivity index (χ2n) is 7.40. The van der Waals surface area contributed by atoms with Gasteiger partial charge in [-0.25, -0.2) is 4.98 Å². The van der Waals surface area contributed by atoms with Crippen LogP contribution in [0.5, 0.6) is 0 Å². The molecule has 1 aliphatic heterocycles. The molecule has 1 fully saturated rings. The first-order valence-corrected chi connectivity index (χ1v) is 10.9. The lowest BCUT2D eigenvalue weighted by atomic mass is 10.1. The van der Waals surface area contributed by atoms with Gasteiger partial charge >= 0.3 is 0 Å². The molecule has 1 saturated heterocycles. The number of nitrogens with zero attached hydrogens (tertiary/aromatic N) is 2. The molecule has 1 aliphatic rings. The summed E-state index contributed by atoms with van der Waals surface area (Å²) in [5.74, 6) is -0.404. The van der Waals surface area contributed by atoms with E-state index in [9.17, 15) is 9.59 Å². The third kappa shape index (κ3) is 4.95. The number of aryl methyl sites for hydroxylation is 1. The number of anilines is 2. The fraction of sp³-hybridized carbons (Fsp3) is 0.318. The van der Waals surface area contributed by atoms with E-state index in [1.165, 1.54) is 36.9 Å². The third-order valence-electron chi connectivity index (χ3n) is 5.10. The molecule has 0 atom stereocenters. The molecule has 0 aliphatic carbocycles. The molecule has 1 aromatic carbocycles. The largest absolute Gasteiger partial charge is 0.459 e. The Kier molecular flexibility index (Phi) is 6.25. The number of piperidine rings is 1. The van der Waals surface area contributed by atoms with E-state index in [4.69, 9.17) is 4.42 Å². The molecule has 2 aromatic heterocycles. The number of likely N-dealkylation sites (tertiary alicyclic amines) is 1. The van der Waals surface area contributed by atoms with Crippen LogP contribution in [-0.4, -0.2) is 34.8 Å². The van der Waals surface area contributed by atoms with Crippen LogP contribution in [0.15, 0.2) is 46.4 Å². The lowest BCUT2D eigenvalue weighted by Crippen LogP contribution is -2.29. The standard InChI is InChI=1S/C22H24N4O3S/c1-15-7-8-16(12-18(15)24-21(28)19-6-5-11-29-19)20(27)25-22-23-17(14-30-22)13-26-9-3-2-4-10-26/h5-8,11-12,14H,2-4,9-10,13H2,1H3,(H,24,28)(H,23,25,27). The van der Waals surface area contributed by atoms with Gasteiger partial charge in [0.2, 0.25) is 0 Å². The van der Waals surface area contributed by atoms with Gasteiger partial charge in [-0.15, -0.1) is 11.3 Å². The van der Waals surface area contributed by atoms with Gasteiger partial charge in [0.15, 0.2) is 10.9 Å². The molecule has 156 valence electrons. The number of benzene rings is 1. The lowest BCUT2D eigenvalue weighted by molar-refractivity contribution is 0.0993. The normalized spacial score (nSPS) is 14.4. The van der Waals surface area contributed by atoms with Crippen molar-refractivity contribution in [3.63, 3.8) is 0 Å². The fourth-order valence-electron chi connectivity index (χ4n) is 3.44. The Hall–Kier alpha value is -2.97. The highest BCUT2D eigenvalue weighted by Crippen LogP contribution is 2.22. The Bertz CT molecular complexity index is 1020. The van der Waals surface area contributed by atoms with E-state index in [-0.39, 0.29) is 17.6 Å². The first kappa shape index (κ1) is 20.3. The number of rotatable bonds is 6. The molecule has 0 radical (unpaired) electrons. The number of amides is 2. The number of carbonyl (C=O) groups excluding carboxylic acids is 2. The minimum Gasteiger partial charge on any atom is -0.459 e. The monoisotopic (exact) mass is 424 g/mol. The summed E-state index contributed by atoms with van der Waals surface area (Å²) in [5, 5.41) is 8.22. The van der Waals surface area contributed by atoms with Crippen molar-refractivity contribution in [2.75, 3.05) is 23.7 Å². The van der Waals surface area contributed by atoms with Crippen LogP contribution in [0.25, 0.3) is 0 Å². The van der Waals surface area contributed by atoms with Crippen LogP contribution < -0.4 is 10.6 Å². The summed E-state index contributed by atoms with van der Waals surface area (Å²) in [6.45, 7) is 4.90. The maximum Gasteiger partial charge on any atom is 0.291 e. The molecular weight excluding hydrogens is 400 g/mol. The molecule has 4 rings (SSSR count). The van der Waals surface area contributed by atoms with Gasteiger partial charge in [0.25, 0.3) is 11.8 Å². The summed E-state index contributed by atoms with van der Waals surface area (Å²) in [5.41, 5.74) is 2.84. The van der Waals surface area contributed by atoms with E-state index < -0.39 is 0 Å². The Morgan fingerprint density at radius 1 is 1.13 bits per heavy atom. The number of hydrogen-bond acceptors (Lipinski definition) is 6. The maximum atomic E-state index is 12.7. The van der Waals surface area contributed by atoms with Crippen LogP contribution in [-0.2, 0) is 6.54 Å². The second-order valence-corrected chi connectivity index (χ2v) is 8.25. The third-order valence-corrected chi connectivity index (χ3v) is 5.91. The number of furan rings is 1. The zero-order chi connectivity index (χ0) is 20.9. The lowest BCUT2D eigenvalue weighted by Gasteiger charge is -2.25. The van der Waals surface area contributed by atoms with Crippen molar-refractivity contribution in [3.05, 3.63) is 64.6 Å². The topological polar surface area (TPSA) is 87.5 Å². The minimum absolute atomic E-state index is 0.216. The van der Waals surface area contributed by atoms with Crippen molar-refractivity contribution >= 4 is 34.0 Å². The number of carbonyl (C=O) groups is 2. The number of nitrogens with one attached hydrogen (secondary N) is 2. The molecule has 3 heterocycles. The van der Waals surface area contributed by atoms with Crippen LogP contribution in [0.3, 0.4) is 0 Å². The van der Waals surface area contributed by atoms with Gasteiger partial charge in [-0.3, -0.25) is 19.8 Å². The first-order valence-electron chi connectivity index (χ1n) is 10.0. The molecule has 0 saturated carbocycles. The molecule has 0 spiro atoms. The van der Waals surface area contributed by atoms with Crippen molar-refractivity contribution in [2.45, 2.75) is 32.7 Å². The molecule has 0 unspecified atom stereocenters. The second kappa shape index (κ2) is 9.23. The molecule has 30 heavy (non-hydrogen) atoms. The maximum absolute atomic E-state index is 12.7. The Morgan fingerprint density at radius 3 is 2.73 bits per heavy atom. The summed E-state index contributed by atoms with van der Waals surface area (Å²) in [6.07, 6.45) is 5.22. The molecule has 2 N–H and O–H groups in total. The summed E-state index contributed by atoms with van der Waals surface area (Å²) in [6, 6.07) is 8.43. The van der Waals surface area contributed by atoms with Crippen molar-refractivity contribution in [3.8, 4) is 0 Å². The Balaban J connectivity index is 1.40. The van der Waals surface area contributed by atoms with E-state index in [2.05, 4.69) is 20.5 Å². The van der Waals surface area contributed by atoms with E-state index in [0.717, 1.165) is 30.9 Å². The highest BCUT2D eigenvalue weighted by Gasteiger charge is 2.16. The van der Waals surface area contributed by atoms with Gasteiger partial charge in [0, 0.05) is 23.2 Å². The van der Waals surface area contributed by atoms with Gasteiger partial charge in [-0.2, -0.15) is 0 Å². The van der Waals surface area contributed by atoms with E-state index in [1.807, 2.05) is 12.3 Å². The van der Waals surface area contributed by atoms with Crippen LogP contribution in [0.2, 0.25) is 0 Å². The van der Waals surface area contributed by atoms with Gasteiger partial charge in [0.1, 0.15) is 0 Å². The summed E-state index contributed by atoms with van der Waals surface area (Å²) in [7, 11) is 0. The van der Waals surface area contributed by atoms with Gasteiger partial charge in [-0.05, 0) is 62.7 Å². The van der Waals surface area contributed by atoms with Crippen LogP contribution in [0.4, 0.5) is 10.8 Å². The first-order chi connectivity index (χ1) is 14.6. The number of hydrogen-bond donors (Lipinski definition) is 2. The van der Waals surface area contributed by atoms with Crippen LogP contribution >= 0.6 is 11.3 Å². The molecule has 3 aromatic rings. The number of aromatic nitrogens is 1. The molecule has 7 nitrogen and oxygen atoms in total. The highest BCUT2D eigenvalue weighted by molar-refractivity contribution is 7.14. The number of thiazole rings is 1. The van der Waals surface area contributed by atoms with Crippen molar-refractivity contribution < 1.29 is 14.0 Å². The SMILES string of the molecule is Cc1ccc(C(=O)Nc2nc(CN3CCCCC3)cs2)cc1NC(=O)c1ccco1. The predicted octanol–water partition coefficient (Wildman–Crippen LogP) is 4.54. The molecule has 8 heteroatoms. The smallest absolute Gasteiger partial charge is 0.291 e. The fourth-order valence-corrected chi connectivity index (χ4v) is 4.14. The molecule has 0 bridgehead atoms. The van der Waals surface area contributed by atoms with E-state index in [1.54, 1.807) is 30.3 Å². The van der Waals surface area contributed by atoms with Crippen molar-refractivity contribution in [1.82, 2.24) is 9.88 Å². The summed E-state index contributed by atoms with van der Waals surface area (Å²) in [4.78, 5) is 31.9. The highest BCUT2D eigenvalue weighted by atomic mass is 32.1. The Morgan fingerprint density at radius 2 is 1.97 bits per heavy atom. The Labute approximate surface area is 179 Å². The van der Waals surface area contributed by atoms with E-state index >= 15 is 0 Å². The van der Waals surface area contributed by atoms with Gasteiger partial charge in [0.05, 0.1) is 12.0 Å². The molecule has 2 amide bonds. The van der Waals surface area contributed by atoms with Crippen molar-refractivity contribution in [1.29, 1.82) is 0 Å². The van der Waals surface area contributed by atoms with Gasteiger partial charge in [-0.1, -0.05) is 12.5 Å². The average Bonchev–Trinajstić information content (AvgIpc) is 3.43. The van der Waals surface area contributed by atoms with Gasteiger partial charge < -0.3 is 9.73 Å². The summed E-state index contributed by atoms with van der Waals surface area (Å²) < 4.78 is 5.12.